The summed E-state index contributed by atoms with van der Waals surface area (Å²) in [6.45, 7) is 2.07. The minimum Gasteiger partial charge on any atom is -0.497 e. The zero-order valence-corrected chi connectivity index (χ0v) is 17.1. The topological polar surface area (TPSA) is 44.8 Å². The van der Waals surface area contributed by atoms with Crippen molar-refractivity contribution in [3.8, 4) is 34.1 Å². The first kappa shape index (κ1) is 19.5. The Morgan fingerprint density at radius 1 is 0.733 bits per heavy atom. The Hall–Kier alpha value is -3.79. The first-order valence-corrected chi connectivity index (χ1v) is 9.62. The van der Waals surface area contributed by atoms with Crippen molar-refractivity contribution in [3.63, 3.8) is 0 Å². The molecule has 0 spiro atoms. The van der Waals surface area contributed by atoms with E-state index in [1.165, 1.54) is 0 Å². The number of carbonyl (C=O) groups excluding carboxylic acids is 1. The van der Waals surface area contributed by atoms with E-state index in [1.54, 1.807) is 38.5 Å². The molecule has 4 nitrogen and oxygen atoms in total. The van der Waals surface area contributed by atoms with Crippen LogP contribution in [0.25, 0.3) is 21.9 Å². The third kappa shape index (κ3) is 3.72. The lowest BCUT2D eigenvalue weighted by atomic mass is 9.94. The van der Waals surface area contributed by atoms with Crippen molar-refractivity contribution < 1.29 is 19.0 Å². The van der Waals surface area contributed by atoms with Gasteiger partial charge in [0.05, 0.1) is 14.2 Å². The largest absolute Gasteiger partial charge is 0.497 e. The number of fused-ring (bicyclic) bond motifs is 1. The van der Waals surface area contributed by atoms with Crippen LogP contribution in [0.2, 0.25) is 0 Å². The fourth-order valence-electron chi connectivity index (χ4n) is 3.57. The van der Waals surface area contributed by atoms with Crippen LogP contribution in [0.4, 0.5) is 0 Å². The Balaban J connectivity index is 1.92. The fraction of sp³-hybridized carbons (Fsp3) is 0.115. The molecule has 0 aliphatic rings. The summed E-state index contributed by atoms with van der Waals surface area (Å²) in [4.78, 5) is 11.0. The molecule has 0 saturated carbocycles. The number of benzene rings is 4. The summed E-state index contributed by atoms with van der Waals surface area (Å²) < 4.78 is 17.1. The normalized spacial score (nSPS) is 10.6. The molecule has 0 fully saturated rings. The molecule has 4 rings (SSSR count). The number of hydrogen-bond donors (Lipinski definition) is 0. The third-order valence-corrected chi connectivity index (χ3v) is 5.11. The summed E-state index contributed by atoms with van der Waals surface area (Å²) in [5.41, 5.74) is 3.73. The van der Waals surface area contributed by atoms with E-state index in [0.717, 1.165) is 51.0 Å². The van der Waals surface area contributed by atoms with Crippen LogP contribution in [0.3, 0.4) is 0 Å². The molecule has 0 radical (unpaired) electrons. The van der Waals surface area contributed by atoms with Gasteiger partial charge in [-0.2, -0.15) is 0 Å². The lowest BCUT2D eigenvalue weighted by Gasteiger charge is -2.18. The van der Waals surface area contributed by atoms with Gasteiger partial charge in [-0.1, -0.05) is 18.2 Å². The summed E-state index contributed by atoms with van der Waals surface area (Å²) in [6.07, 6.45) is 0.820. The fourth-order valence-corrected chi connectivity index (χ4v) is 3.57. The maximum Gasteiger partial charge on any atom is 0.150 e. The number of aldehydes is 1. The van der Waals surface area contributed by atoms with Gasteiger partial charge in [0.2, 0.25) is 0 Å². The van der Waals surface area contributed by atoms with E-state index in [4.69, 9.17) is 14.2 Å². The number of ether oxygens (including phenoxy) is 3. The highest BCUT2D eigenvalue weighted by molar-refractivity contribution is 5.97. The van der Waals surface area contributed by atoms with Crippen LogP contribution in [0.5, 0.6) is 23.0 Å². The molecule has 0 amide bonds. The van der Waals surface area contributed by atoms with Crippen molar-refractivity contribution in [3.05, 3.63) is 83.9 Å². The molecule has 0 heterocycles. The molecule has 0 N–H and O–H groups in total. The maximum atomic E-state index is 11.0. The summed E-state index contributed by atoms with van der Waals surface area (Å²) in [5, 5.41) is 2.01. The number of aryl methyl sites for hydroxylation is 1. The van der Waals surface area contributed by atoms with Crippen LogP contribution in [0.15, 0.2) is 72.8 Å². The van der Waals surface area contributed by atoms with Crippen LogP contribution in [-0.4, -0.2) is 20.5 Å². The van der Waals surface area contributed by atoms with Gasteiger partial charge < -0.3 is 14.2 Å². The van der Waals surface area contributed by atoms with Crippen LogP contribution in [-0.2, 0) is 0 Å². The molecule has 0 atom stereocenters. The molecular weight excluding hydrogens is 376 g/mol. The van der Waals surface area contributed by atoms with Crippen molar-refractivity contribution in [2.75, 3.05) is 14.2 Å². The van der Waals surface area contributed by atoms with Gasteiger partial charge >= 0.3 is 0 Å². The second-order valence-corrected chi connectivity index (χ2v) is 7.00. The van der Waals surface area contributed by atoms with Gasteiger partial charge in [-0.05, 0) is 78.0 Å². The van der Waals surface area contributed by atoms with Crippen LogP contribution in [0.1, 0.15) is 15.9 Å². The molecule has 4 aromatic rings. The Morgan fingerprint density at radius 2 is 1.37 bits per heavy atom. The van der Waals surface area contributed by atoms with E-state index < -0.39 is 0 Å². The summed E-state index contributed by atoms with van der Waals surface area (Å²) in [5.74, 6) is 3.02. The van der Waals surface area contributed by atoms with Gasteiger partial charge in [0.25, 0.3) is 0 Å². The number of rotatable bonds is 6. The molecule has 30 heavy (non-hydrogen) atoms. The van der Waals surface area contributed by atoms with Gasteiger partial charge in [-0.15, -0.1) is 0 Å². The Morgan fingerprint density at radius 3 is 2.00 bits per heavy atom. The van der Waals surface area contributed by atoms with Crippen LogP contribution in [0, 0.1) is 6.92 Å². The van der Waals surface area contributed by atoms with Crippen molar-refractivity contribution in [2.45, 2.75) is 6.92 Å². The Bertz CT molecular complexity index is 1190. The summed E-state index contributed by atoms with van der Waals surface area (Å²) in [6, 6.07) is 23.1. The Labute approximate surface area is 175 Å². The SMILES string of the molecule is COc1ccc(-c2c(C)cc3cc(OC)ccc3c2Oc2ccc(C=O)cc2)cc1. The summed E-state index contributed by atoms with van der Waals surface area (Å²) >= 11 is 0. The zero-order chi connectivity index (χ0) is 21.1. The smallest absolute Gasteiger partial charge is 0.150 e. The van der Waals surface area contributed by atoms with E-state index in [9.17, 15) is 4.79 Å². The number of methoxy groups -OCH3 is 2. The molecular formula is C26H22O4. The zero-order valence-electron chi connectivity index (χ0n) is 17.1. The minimum atomic E-state index is 0.608. The van der Waals surface area contributed by atoms with Crippen molar-refractivity contribution in [1.82, 2.24) is 0 Å². The van der Waals surface area contributed by atoms with E-state index in [0.29, 0.717) is 11.3 Å². The molecule has 4 heteroatoms. The predicted molar refractivity (Wildman–Crippen MR) is 119 cm³/mol. The second kappa shape index (κ2) is 8.29. The van der Waals surface area contributed by atoms with Crippen molar-refractivity contribution >= 4 is 17.1 Å². The van der Waals surface area contributed by atoms with E-state index in [-0.39, 0.29) is 0 Å². The van der Waals surface area contributed by atoms with Gasteiger partial charge in [-0.3, -0.25) is 4.79 Å². The van der Waals surface area contributed by atoms with E-state index in [2.05, 4.69) is 13.0 Å². The highest BCUT2D eigenvalue weighted by atomic mass is 16.5. The van der Waals surface area contributed by atoms with Crippen molar-refractivity contribution in [2.24, 2.45) is 0 Å². The predicted octanol–water partition coefficient (Wildman–Crippen LogP) is 6.44. The number of carbonyl (C=O) groups is 1. The summed E-state index contributed by atoms with van der Waals surface area (Å²) in [7, 11) is 3.31. The third-order valence-electron chi connectivity index (χ3n) is 5.11. The van der Waals surface area contributed by atoms with Gasteiger partial charge in [-0.25, -0.2) is 0 Å². The molecule has 0 aromatic heterocycles. The molecule has 0 unspecified atom stereocenters. The number of hydrogen-bond acceptors (Lipinski definition) is 4. The highest BCUT2D eigenvalue weighted by Crippen LogP contribution is 2.43. The van der Waals surface area contributed by atoms with Crippen LogP contribution >= 0.6 is 0 Å². The van der Waals surface area contributed by atoms with E-state index in [1.807, 2.05) is 42.5 Å². The first-order chi connectivity index (χ1) is 14.6. The highest BCUT2D eigenvalue weighted by Gasteiger charge is 2.16. The van der Waals surface area contributed by atoms with Gasteiger partial charge in [0.15, 0.2) is 0 Å². The maximum absolute atomic E-state index is 11.0. The average molecular weight is 398 g/mol. The molecule has 0 bridgehead atoms. The van der Waals surface area contributed by atoms with Crippen molar-refractivity contribution in [1.29, 1.82) is 0 Å². The van der Waals surface area contributed by atoms with E-state index >= 15 is 0 Å². The lowest BCUT2D eigenvalue weighted by Crippen LogP contribution is -1.95. The molecule has 0 aliphatic heterocycles. The molecule has 150 valence electrons. The molecule has 4 aromatic carbocycles. The molecule has 0 aliphatic carbocycles. The average Bonchev–Trinajstić information content (AvgIpc) is 2.79. The quantitative estimate of drug-likeness (QED) is 0.351. The monoisotopic (exact) mass is 398 g/mol. The second-order valence-electron chi connectivity index (χ2n) is 7.00. The van der Waals surface area contributed by atoms with Gasteiger partial charge in [0, 0.05) is 16.5 Å². The first-order valence-electron chi connectivity index (χ1n) is 9.62. The lowest BCUT2D eigenvalue weighted by molar-refractivity contribution is 0.112. The standard InChI is InChI=1S/C26H22O4/c1-17-14-20-15-23(29-3)12-13-24(20)26(30-22-8-4-18(16-27)5-9-22)25(17)19-6-10-21(28-2)11-7-19/h4-16H,1-3H3. The van der Waals surface area contributed by atoms with Crippen LogP contribution < -0.4 is 14.2 Å². The molecule has 0 saturated heterocycles. The van der Waals surface area contributed by atoms with Gasteiger partial charge in [0.1, 0.15) is 29.3 Å². The Kier molecular flexibility index (Phi) is 5.40. The minimum absolute atomic E-state index is 0.608.